The number of carbonyl (C=O) groups excluding carboxylic acids is 1. The third-order valence-electron chi connectivity index (χ3n) is 4.12. The number of fused-ring (bicyclic) bond motifs is 1. The second kappa shape index (κ2) is 6.98. The molecule has 6 nitrogen and oxygen atoms in total. The molecular formula is C19H16N4O2S2. The molecule has 0 aliphatic heterocycles. The number of nitrogens with one attached hydrogen (secondary N) is 2. The molecule has 136 valence electrons. The first kappa shape index (κ1) is 17.4. The number of thiazole rings is 2. The summed E-state index contributed by atoms with van der Waals surface area (Å²) in [5, 5.41) is 17.2. The molecule has 8 heteroatoms. The maximum atomic E-state index is 12.6. The molecule has 0 atom stereocenters. The number of nitrogens with zero attached hydrogens (tertiary/aromatic N) is 2. The van der Waals surface area contributed by atoms with Gasteiger partial charge in [-0.3, -0.25) is 4.79 Å². The van der Waals surface area contributed by atoms with Crippen LogP contribution in [0.1, 0.15) is 20.8 Å². The van der Waals surface area contributed by atoms with Crippen molar-refractivity contribution in [3.63, 3.8) is 0 Å². The number of anilines is 3. The first-order chi connectivity index (χ1) is 13.0. The molecule has 0 fully saturated rings. The molecule has 0 unspecified atom stereocenters. The van der Waals surface area contributed by atoms with Gasteiger partial charge in [0.25, 0.3) is 5.91 Å². The van der Waals surface area contributed by atoms with E-state index in [-0.39, 0.29) is 11.7 Å². The van der Waals surface area contributed by atoms with Crippen LogP contribution < -0.4 is 10.6 Å². The molecule has 2 aromatic heterocycles. The van der Waals surface area contributed by atoms with E-state index >= 15 is 0 Å². The highest BCUT2D eigenvalue weighted by Gasteiger charge is 2.15. The van der Waals surface area contributed by atoms with Gasteiger partial charge >= 0.3 is 0 Å². The fraction of sp³-hybridized carbons (Fsp3) is 0.105. The summed E-state index contributed by atoms with van der Waals surface area (Å²) in [6.07, 6.45) is 1.53. The van der Waals surface area contributed by atoms with E-state index in [4.69, 9.17) is 0 Å². The third kappa shape index (κ3) is 3.49. The molecule has 27 heavy (non-hydrogen) atoms. The normalized spacial score (nSPS) is 10.9. The molecule has 1 amide bonds. The van der Waals surface area contributed by atoms with E-state index in [0.29, 0.717) is 21.3 Å². The van der Waals surface area contributed by atoms with Gasteiger partial charge in [0.1, 0.15) is 10.6 Å². The summed E-state index contributed by atoms with van der Waals surface area (Å²) in [6.45, 7) is 3.65. The summed E-state index contributed by atoms with van der Waals surface area (Å²) in [5.41, 5.74) is 3.07. The number of hydrogen-bond donors (Lipinski definition) is 3. The van der Waals surface area contributed by atoms with E-state index in [1.807, 2.05) is 31.2 Å². The Morgan fingerprint density at radius 1 is 1.07 bits per heavy atom. The number of hydrogen-bond acceptors (Lipinski definition) is 7. The summed E-state index contributed by atoms with van der Waals surface area (Å²) in [5.74, 6) is -0.111. The average molecular weight is 396 g/mol. The van der Waals surface area contributed by atoms with Crippen molar-refractivity contribution in [1.82, 2.24) is 9.97 Å². The van der Waals surface area contributed by atoms with Crippen LogP contribution in [-0.4, -0.2) is 21.0 Å². The van der Waals surface area contributed by atoms with Gasteiger partial charge < -0.3 is 15.7 Å². The van der Waals surface area contributed by atoms with E-state index in [9.17, 15) is 9.90 Å². The standard InChI is InChI=1S/C19H16N4O2S2/c1-10-7-8-13(24)11(2)16(10)22-17(25)15-9-20-18(27-15)23-19-21-12-5-3-4-6-14(12)26-19/h3-9,24H,1-2H3,(H,22,25)(H,20,21,23). The monoisotopic (exact) mass is 396 g/mol. The Kier molecular flexibility index (Phi) is 4.51. The van der Waals surface area contributed by atoms with Crippen LogP contribution in [-0.2, 0) is 0 Å². The fourth-order valence-electron chi connectivity index (χ4n) is 2.66. The van der Waals surface area contributed by atoms with Crippen LogP contribution in [0, 0.1) is 13.8 Å². The van der Waals surface area contributed by atoms with Crippen molar-refractivity contribution in [3.8, 4) is 5.75 Å². The van der Waals surface area contributed by atoms with Gasteiger partial charge in [-0.15, -0.1) is 0 Å². The van der Waals surface area contributed by atoms with Crippen molar-refractivity contribution >= 4 is 54.7 Å². The van der Waals surface area contributed by atoms with Gasteiger partial charge in [-0.05, 0) is 37.6 Å². The number of para-hydroxylation sites is 1. The summed E-state index contributed by atoms with van der Waals surface area (Å²) >= 11 is 2.78. The summed E-state index contributed by atoms with van der Waals surface area (Å²) in [4.78, 5) is 21.8. The predicted octanol–water partition coefficient (Wildman–Crippen LogP) is 5.07. The lowest BCUT2D eigenvalue weighted by molar-refractivity contribution is 0.103. The molecule has 0 aliphatic carbocycles. The van der Waals surface area contributed by atoms with Crippen LogP contribution >= 0.6 is 22.7 Å². The largest absolute Gasteiger partial charge is 0.508 e. The first-order valence-electron chi connectivity index (χ1n) is 8.20. The SMILES string of the molecule is Cc1ccc(O)c(C)c1NC(=O)c1cnc(Nc2nc3ccccc3s2)s1. The molecule has 0 bridgehead atoms. The lowest BCUT2D eigenvalue weighted by atomic mass is 10.1. The Morgan fingerprint density at radius 3 is 2.70 bits per heavy atom. The number of benzene rings is 2. The third-order valence-corrected chi connectivity index (χ3v) is 5.98. The molecule has 3 N–H and O–H groups in total. The van der Waals surface area contributed by atoms with Crippen molar-refractivity contribution in [1.29, 1.82) is 0 Å². The minimum Gasteiger partial charge on any atom is -0.508 e. The Hall–Kier alpha value is -2.97. The summed E-state index contributed by atoms with van der Waals surface area (Å²) in [7, 11) is 0. The molecule has 2 aromatic carbocycles. The Bertz CT molecular complexity index is 1120. The highest BCUT2D eigenvalue weighted by Crippen LogP contribution is 2.31. The number of rotatable bonds is 4. The second-order valence-electron chi connectivity index (χ2n) is 6.00. The zero-order valence-corrected chi connectivity index (χ0v) is 16.2. The zero-order valence-electron chi connectivity index (χ0n) is 14.6. The lowest BCUT2D eigenvalue weighted by Crippen LogP contribution is -2.12. The van der Waals surface area contributed by atoms with Gasteiger partial charge in [-0.25, -0.2) is 9.97 Å². The van der Waals surface area contributed by atoms with Crippen molar-refractivity contribution in [3.05, 3.63) is 58.6 Å². The lowest BCUT2D eigenvalue weighted by Gasteiger charge is -2.11. The first-order valence-corrected chi connectivity index (χ1v) is 9.83. The average Bonchev–Trinajstić information content (AvgIpc) is 3.28. The Labute approximate surface area is 163 Å². The number of aryl methyl sites for hydroxylation is 1. The number of amides is 1. The highest BCUT2D eigenvalue weighted by atomic mass is 32.1. The van der Waals surface area contributed by atoms with Crippen LogP contribution in [0.5, 0.6) is 5.75 Å². The van der Waals surface area contributed by atoms with E-state index < -0.39 is 0 Å². The highest BCUT2D eigenvalue weighted by molar-refractivity contribution is 7.23. The van der Waals surface area contributed by atoms with Crippen molar-refractivity contribution in [2.75, 3.05) is 10.6 Å². The summed E-state index contributed by atoms with van der Waals surface area (Å²) < 4.78 is 1.09. The molecule has 4 rings (SSSR count). The predicted molar refractivity (Wildman–Crippen MR) is 111 cm³/mol. The number of phenols is 1. The van der Waals surface area contributed by atoms with E-state index in [1.165, 1.54) is 28.9 Å². The van der Waals surface area contributed by atoms with Crippen LogP contribution in [0.4, 0.5) is 16.0 Å². The number of phenolic OH excluding ortho intramolecular Hbond substituents is 1. The Morgan fingerprint density at radius 2 is 1.89 bits per heavy atom. The van der Waals surface area contributed by atoms with Crippen LogP contribution in [0.25, 0.3) is 10.2 Å². The van der Waals surface area contributed by atoms with Crippen LogP contribution in [0.3, 0.4) is 0 Å². The van der Waals surface area contributed by atoms with E-state index in [1.54, 1.807) is 19.1 Å². The Balaban J connectivity index is 1.52. The quantitative estimate of drug-likeness (QED) is 0.448. The van der Waals surface area contributed by atoms with Gasteiger partial charge in [-0.2, -0.15) is 0 Å². The van der Waals surface area contributed by atoms with Gasteiger partial charge in [0.2, 0.25) is 0 Å². The molecular weight excluding hydrogens is 380 g/mol. The smallest absolute Gasteiger partial charge is 0.267 e. The van der Waals surface area contributed by atoms with Gasteiger partial charge in [0.05, 0.1) is 22.1 Å². The van der Waals surface area contributed by atoms with E-state index in [2.05, 4.69) is 20.6 Å². The minimum atomic E-state index is -0.262. The maximum Gasteiger partial charge on any atom is 0.267 e. The molecule has 0 aliphatic rings. The van der Waals surface area contributed by atoms with Gasteiger partial charge in [-0.1, -0.05) is 40.9 Å². The van der Waals surface area contributed by atoms with E-state index in [0.717, 1.165) is 20.9 Å². The number of aromatic nitrogens is 2. The molecule has 2 heterocycles. The topological polar surface area (TPSA) is 87.1 Å². The fourth-order valence-corrected chi connectivity index (χ4v) is 4.30. The molecule has 4 aromatic rings. The van der Waals surface area contributed by atoms with Gasteiger partial charge in [0.15, 0.2) is 10.3 Å². The van der Waals surface area contributed by atoms with Crippen LogP contribution in [0.15, 0.2) is 42.6 Å². The van der Waals surface area contributed by atoms with Crippen molar-refractivity contribution < 1.29 is 9.90 Å². The molecule has 0 spiro atoms. The van der Waals surface area contributed by atoms with Crippen molar-refractivity contribution in [2.24, 2.45) is 0 Å². The maximum absolute atomic E-state index is 12.6. The molecule has 0 radical (unpaired) electrons. The summed E-state index contributed by atoms with van der Waals surface area (Å²) in [6, 6.07) is 11.3. The molecule has 0 saturated carbocycles. The second-order valence-corrected chi connectivity index (χ2v) is 8.06. The number of carbonyl (C=O) groups is 1. The van der Waals surface area contributed by atoms with Gasteiger partial charge in [0, 0.05) is 5.56 Å². The van der Waals surface area contributed by atoms with Crippen molar-refractivity contribution in [2.45, 2.75) is 13.8 Å². The van der Waals surface area contributed by atoms with Crippen LogP contribution in [0.2, 0.25) is 0 Å². The molecule has 0 saturated heterocycles. The number of aromatic hydroxyl groups is 1. The zero-order chi connectivity index (χ0) is 19.0. The minimum absolute atomic E-state index is 0.151.